The van der Waals surface area contributed by atoms with Crippen molar-refractivity contribution in [3.8, 4) is 0 Å². The SMILES string of the molecule is CN=C(NCc1cc(F)ccc1F)N1CCCC(CC(N)=O)C1.I. The number of carbonyl (C=O) groups is 1. The Morgan fingerprint density at radius 2 is 2.21 bits per heavy atom. The highest BCUT2D eigenvalue weighted by atomic mass is 127. The molecule has 1 fully saturated rings. The average molecular weight is 452 g/mol. The van der Waals surface area contributed by atoms with Crippen LogP contribution in [0.2, 0.25) is 0 Å². The number of hydrogen-bond acceptors (Lipinski definition) is 2. The summed E-state index contributed by atoms with van der Waals surface area (Å²) in [6.45, 7) is 1.63. The number of nitrogens with two attached hydrogens (primary N) is 1. The van der Waals surface area contributed by atoms with Gasteiger partial charge in [-0.05, 0) is 37.0 Å². The lowest BCUT2D eigenvalue weighted by molar-refractivity contribution is -0.119. The van der Waals surface area contributed by atoms with Crippen molar-refractivity contribution in [2.75, 3.05) is 20.1 Å². The van der Waals surface area contributed by atoms with Gasteiger partial charge in [-0.15, -0.1) is 24.0 Å². The van der Waals surface area contributed by atoms with Crippen molar-refractivity contribution in [1.29, 1.82) is 0 Å². The maximum absolute atomic E-state index is 13.7. The van der Waals surface area contributed by atoms with Crippen molar-refractivity contribution < 1.29 is 13.6 Å². The smallest absolute Gasteiger partial charge is 0.217 e. The van der Waals surface area contributed by atoms with Crippen LogP contribution in [0.5, 0.6) is 0 Å². The summed E-state index contributed by atoms with van der Waals surface area (Å²) in [5, 5.41) is 3.05. The van der Waals surface area contributed by atoms with Crippen LogP contribution in [-0.2, 0) is 11.3 Å². The number of aliphatic imine (C=N–C) groups is 1. The molecule has 1 saturated heterocycles. The van der Waals surface area contributed by atoms with Crippen molar-refractivity contribution in [2.24, 2.45) is 16.6 Å². The van der Waals surface area contributed by atoms with Crippen molar-refractivity contribution in [1.82, 2.24) is 10.2 Å². The van der Waals surface area contributed by atoms with Gasteiger partial charge < -0.3 is 16.0 Å². The van der Waals surface area contributed by atoms with Gasteiger partial charge in [0.15, 0.2) is 5.96 Å². The van der Waals surface area contributed by atoms with E-state index in [9.17, 15) is 13.6 Å². The molecule has 0 radical (unpaired) electrons. The molecule has 8 heteroatoms. The third-order valence-corrected chi connectivity index (χ3v) is 3.96. The Balaban J connectivity index is 0.00000288. The quantitative estimate of drug-likeness (QED) is 0.419. The Kier molecular flexibility index (Phi) is 8.37. The number of carbonyl (C=O) groups excluding carboxylic acids is 1. The van der Waals surface area contributed by atoms with Crippen LogP contribution in [0.25, 0.3) is 0 Å². The molecule has 2 rings (SSSR count). The fourth-order valence-electron chi connectivity index (χ4n) is 2.89. The summed E-state index contributed by atoms with van der Waals surface area (Å²) in [7, 11) is 1.64. The molecule has 1 heterocycles. The minimum absolute atomic E-state index is 0. The van der Waals surface area contributed by atoms with Crippen LogP contribution in [0.3, 0.4) is 0 Å². The molecule has 0 saturated carbocycles. The highest BCUT2D eigenvalue weighted by Gasteiger charge is 2.23. The van der Waals surface area contributed by atoms with E-state index < -0.39 is 11.6 Å². The van der Waals surface area contributed by atoms with Crippen molar-refractivity contribution in [3.05, 3.63) is 35.4 Å². The first kappa shape index (κ1) is 20.6. The molecule has 1 aromatic rings. The summed E-state index contributed by atoms with van der Waals surface area (Å²) < 4.78 is 26.9. The number of guanidine groups is 1. The molecule has 1 amide bonds. The van der Waals surface area contributed by atoms with Gasteiger partial charge in [-0.1, -0.05) is 0 Å². The minimum atomic E-state index is -0.474. The Labute approximate surface area is 157 Å². The number of piperidine rings is 1. The largest absolute Gasteiger partial charge is 0.370 e. The number of halogens is 3. The second kappa shape index (κ2) is 9.75. The van der Waals surface area contributed by atoms with Gasteiger partial charge in [-0.25, -0.2) is 8.78 Å². The van der Waals surface area contributed by atoms with Gasteiger partial charge in [0.05, 0.1) is 0 Å². The van der Waals surface area contributed by atoms with E-state index in [0.717, 1.165) is 31.5 Å². The van der Waals surface area contributed by atoms with E-state index in [4.69, 9.17) is 5.73 Å². The Morgan fingerprint density at radius 1 is 1.46 bits per heavy atom. The van der Waals surface area contributed by atoms with Gasteiger partial charge in [0.2, 0.25) is 5.91 Å². The summed E-state index contributed by atoms with van der Waals surface area (Å²) in [6, 6.07) is 3.37. The van der Waals surface area contributed by atoms with Crippen LogP contribution in [0, 0.1) is 17.6 Å². The molecule has 1 aromatic carbocycles. The summed E-state index contributed by atoms with van der Waals surface area (Å²) >= 11 is 0. The molecule has 3 N–H and O–H groups in total. The second-order valence-electron chi connectivity index (χ2n) is 5.76. The molecule has 0 aliphatic carbocycles. The predicted octanol–water partition coefficient (Wildman–Crippen LogP) is 2.25. The lowest BCUT2D eigenvalue weighted by Gasteiger charge is -2.34. The van der Waals surface area contributed by atoms with Crippen LogP contribution in [-0.4, -0.2) is 36.9 Å². The predicted molar refractivity (Wildman–Crippen MR) is 100 cm³/mol. The van der Waals surface area contributed by atoms with Gasteiger partial charge >= 0.3 is 0 Å². The molecule has 1 aliphatic heterocycles. The third-order valence-electron chi connectivity index (χ3n) is 3.96. The molecular formula is C16H23F2IN4O. The van der Waals surface area contributed by atoms with Crippen molar-refractivity contribution in [3.63, 3.8) is 0 Å². The molecule has 24 heavy (non-hydrogen) atoms. The summed E-state index contributed by atoms with van der Waals surface area (Å²) in [5.74, 6) is -0.424. The Bertz CT molecular complexity index is 597. The van der Waals surface area contributed by atoms with Gasteiger partial charge in [0.25, 0.3) is 0 Å². The molecule has 1 aliphatic rings. The van der Waals surface area contributed by atoms with Gasteiger partial charge in [0, 0.05) is 38.7 Å². The lowest BCUT2D eigenvalue weighted by Crippen LogP contribution is -2.47. The lowest BCUT2D eigenvalue weighted by atomic mass is 9.95. The van der Waals surface area contributed by atoms with E-state index in [-0.39, 0.29) is 47.9 Å². The first-order valence-corrected chi connectivity index (χ1v) is 7.67. The van der Waals surface area contributed by atoms with Crippen molar-refractivity contribution >= 4 is 35.8 Å². The summed E-state index contributed by atoms with van der Waals surface area (Å²) in [5.41, 5.74) is 5.51. The number of hydrogen-bond donors (Lipinski definition) is 2. The van der Waals surface area contributed by atoms with Crippen LogP contribution < -0.4 is 11.1 Å². The monoisotopic (exact) mass is 452 g/mol. The molecule has 1 unspecified atom stereocenters. The number of likely N-dealkylation sites (tertiary alicyclic amines) is 1. The van der Waals surface area contributed by atoms with Crippen LogP contribution in [0.4, 0.5) is 8.78 Å². The first-order chi connectivity index (χ1) is 11.0. The van der Waals surface area contributed by atoms with E-state index in [1.165, 1.54) is 6.07 Å². The molecule has 0 spiro atoms. The minimum Gasteiger partial charge on any atom is -0.370 e. The average Bonchev–Trinajstić information content (AvgIpc) is 2.51. The summed E-state index contributed by atoms with van der Waals surface area (Å²) in [6.07, 6.45) is 2.24. The van der Waals surface area contributed by atoms with Crippen LogP contribution in [0.1, 0.15) is 24.8 Å². The van der Waals surface area contributed by atoms with Gasteiger partial charge in [-0.2, -0.15) is 0 Å². The van der Waals surface area contributed by atoms with E-state index in [1.807, 2.05) is 4.90 Å². The van der Waals surface area contributed by atoms with Gasteiger partial charge in [0.1, 0.15) is 11.6 Å². The van der Waals surface area contributed by atoms with E-state index in [0.29, 0.717) is 18.9 Å². The number of amides is 1. The fourth-order valence-corrected chi connectivity index (χ4v) is 2.89. The van der Waals surface area contributed by atoms with E-state index >= 15 is 0 Å². The molecular weight excluding hydrogens is 429 g/mol. The molecule has 134 valence electrons. The Hall–Kier alpha value is -1.45. The number of benzene rings is 1. The van der Waals surface area contributed by atoms with E-state index in [1.54, 1.807) is 7.05 Å². The molecule has 0 bridgehead atoms. The Morgan fingerprint density at radius 3 is 2.88 bits per heavy atom. The summed E-state index contributed by atoms with van der Waals surface area (Å²) in [4.78, 5) is 17.3. The van der Waals surface area contributed by atoms with E-state index in [2.05, 4.69) is 10.3 Å². The normalized spacial score (nSPS) is 18.0. The number of rotatable bonds is 4. The van der Waals surface area contributed by atoms with Gasteiger partial charge in [-0.3, -0.25) is 9.79 Å². The molecule has 5 nitrogen and oxygen atoms in total. The third kappa shape index (κ3) is 5.88. The standard InChI is InChI=1S/C16H22F2N4O.HI/c1-20-16(21-9-12-8-13(17)4-5-14(12)18)22-6-2-3-11(10-22)7-15(19)23;/h4-5,8,11H,2-3,6-7,9-10H2,1H3,(H2,19,23)(H,20,21);1H. The fraction of sp³-hybridized carbons (Fsp3) is 0.500. The zero-order valence-corrected chi connectivity index (χ0v) is 15.9. The number of primary amides is 1. The zero-order chi connectivity index (χ0) is 16.8. The highest BCUT2D eigenvalue weighted by molar-refractivity contribution is 14.0. The molecule has 0 aromatic heterocycles. The van der Waals surface area contributed by atoms with Crippen LogP contribution >= 0.6 is 24.0 Å². The topological polar surface area (TPSA) is 70.7 Å². The second-order valence-corrected chi connectivity index (χ2v) is 5.76. The van der Waals surface area contributed by atoms with Crippen molar-refractivity contribution in [2.45, 2.75) is 25.8 Å². The number of nitrogens with one attached hydrogen (secondary N) is 1. The zero-order valence-electron chi connectivity index (χ0n) is 13.6. The molecule has 1 atom stereocenters. The highest BCUT2D eigenvalue weighted by Crippen LogP contribution is 2.19. The maximum Gasteiger partial charge on any atom is 0.217 e. The van der Waals surface area contributed by atoms with Crippen LogP contribution in [0.15, 0.2) is 23.2 Å². The maximum atomic E-state index is 13.7. The first-order valence-electron chi connectivity index (χ1n) is 7.67. The number of nitrogens with zero attached hydrogens (tertiary/aromatic N) is 2.